The number of amides is 1. The lowest BCUT2D eigenvalue weighted by Crippen LogP contribution is -2.36. The number of hydrogen-bond donors (Lipinski definition) is 1. The number of carbonyl (C=O) groups is 1. The lowest BCUT2D eigenvalue weighted by Gasteiger charge is -2.14. The predicted molar refractivity (Wildman–Crippen MR) is 88.3 cm³/mol. The first kappa shape index (κ1) is 16.7. The van der Waals surface area contributed by atoms with Crippen LogP contribution in [0, 0.1) is 0 Å². The van der Waals surface area contributed by atoms with E-state index in [0.717, 1.165) is 4.70 Å². The zero-order valence-corrected chi connectivity index (χ0v) is 14.4. The molecule has 1 N–H and O–H groups in total. The highest BCUT2D eigenvalue weighted by molar-refractivity contribution is 7.93. The van der Waals surface area contributed by atoms with E-state index in [1.807, 2.05) is 12.1 Å². The van der Waals surface area contributed by atoms with Crippen molar-refractivity contribution in [1.82, 2.24) is 4.98 Å². The number of aromatic nitrogens is 1. The Morgan fingerprint density at radius 2 is 2.00 bits per heavy atom. The van der Waals surface area contributed by atoms with Crippen molar-refractivity contribution in [3.63, 3.8) is 0 Å². The van der Waals surface area contributed by atoms with Gasteiger partial charge in [0, 0.05) is 0 Å². The topological polar surface area (TPSA) is 85.4 Å². The number of para-hydroxylation sites is 1. The van der Waals surface area contributed by atoms with E-state index in [4.69, 9.17) is 4.74 Å². The van der Waals surface area contributed by atoms with Crippen molar-refractivity contribution in [1.29, 1.82) is 0 Å². The quantitative estimate of drug-likeness (QED) is 0.902. The number of sulfone groups is 1. The number of benzene rings is 1. The maximum Gasteiger partial charge on any atom is 0.244 e. The number of methoxy groups -OCH3 is 1. The van der Waals surface area contributed by atoms with E-state index < -0.39 is 26.2 Å². The van der Waals surface area contributed by atoms with Crippen LogP contribution < -0.4 is 10.1 Å². The number of thiazole rings is 1. The molecular weight excluding hydrogens is 324 g/mol. The van der Waals surface area contributed by atoms with E-state index in [1.54, 1.807) is 27.0 Å². The summed E-state index contributed by atoms with van der Waals surface area (Å²) in [6.07, 6.45) is 0. The van der Waals surface area contributed by atoms with Gasteiger partial charge < -0.3 is 10.1 Å². The maximum atomic E-state index is 12.1. The molecule has 0 aliphatic rings. The van der Waals surface area contributed by atoms with Crippen LogP contribution in [0.25, 0.3) is 10.2 Å². The number of rotatable bonds is 5. The molecule has 0 radical (unpaired) electrons. The van der Waals surface area contributed by atoms with Gasteiger partial charge in [-0.1, -0.05) is 17.4 Å². The van der Waals surface area contributed by atoms with E-state index in [2.05, 4.69) is 10.3 Å². The number of fused-ring (bicyclic) bond motifs is 1. The monoisotopic (exact) mass is 342 g/mol. The summed E-state index contributed by atoms with van der Waals surface area (Å²) in [7, 11) is -1.95. The van der Waals surface area contributed by atoms with Gasteiger partial charge in [-0.15, -0.1) is 0 Å². The van der Waals surface area contributed by atoms with Crippen LogP contribution in [0.4, 0.5) is 5.13 Å². The highest BCUT2D eigenvalue weighted by atomic mass is 32.2. The maximum absolute atomic E-state index is 12.1. The van der Waals surface area contributed by atoms with E-state index in [0.29, 0.717) is 16.4 Å². The zero-order valence-electron chi connectivity index (χ0n) is 12.8. The van der Waals surface area contributed by atoms with Crippen molar-refractivity contribution in [2.45, 2.75) is 31.3 Å². The van der Waals surface area contributed by atoms with Crippen LogP contribution in [0.15, 0.2) is 18.2 Å². The summed E-state index contributed by atoms with van der Waals surface area (Å²) < 4.78 is 30.1. The smallest absolute Gasteiger partial charge is 0.244 e. The van der Waals surface area contributed by atoms with Crippen LogP contribution in [-0.4, -0.2) is 36.9 Å². The van der Waals surface area contributed by atoms with Crippen LogP contribution in [0.3, 0.4) is 0 Å². The van der Waals surface area contributed by atoms with Gasteiger partial charge in [0.25, 0.3) is 0 Å². The summed E-state index contributed by atoms with van der Waals surface area (Å²) in [5, 5.41) is 1.20. The molecule has 2 rings (SSSR count). The van der Waals surface area contributed by atoms with Gasteiger partial charge in [0.2, 0.25) is 5.91 Å². The Balaban J connectivity index is 2.26. The standard InChI is InChI=1S/C14H18N2O4S2/c1-8(2)22(18,19)9(3)13(17)16-14-15-12-10(20-4)6-5-7-11(12)21-14/h5-9H,1-4H3,(H,15,16,17)/t9-/m0/s1. The third kappa shape index (κ3) is 3.07. The minimum Gasteiger partial charge on any atom is -0.494 e. The van der Waals surface area contributed by atoms with Crippen molar-refractivity contribution in [2.75, 3.05) is 12.4 Å². The first-order valence-electron chi connectivity index (χ1n) is 6.74. The zero-order chi connectivity index (χ0) is 16.5. The molecule has 120 valence electrons. The number of hydrogen-bond acceptors (Lipinski definition) is 6. The molecule has 1 heterocycles. The highest BCUT2D eigenvalue weighted by Crippen LogP contribution is 2.32. The summed E-state index contributed by atoms with van der Waals surface area (Å²) in [5.74, 6) is 0.0313. The predicted octanol–water partition coefficient (Wildman–Crippen LogP) is 2.46. The summed E-state index contributed by atoms with van der Waals surface area (Å²) in [6.45, 7) is 4.50. The molecule has 1 aromatic heterocycles. The van der Waals surface area contributed by atoms with Crippen LogP contribution in [0.2, 0.25) is 0 Å². The van der Waals surface area contributed by atoms with Crippen molar-refractivity contribution in [3.8, 4) is 5.75 Å². The molecule has 1 aromatic carbocycles. The molecule has 6 nitrogen and oxygen atoms in total. The first-order chi connectivity index (χ1) is 10.3. The van der Waals surface area contributed by atoms with Gasteiger partial charge in [-0.25, -0.2) is 13.4 Å². The molecule has 1 atom stereocenters. The van der Waals surface area contributed by atoms with Gasteiger partial charge in [-0.05, 0) is 32.9 Å². The highest BCUT2D eigenvalue weighted by Gasteiger charge is 2.31. The Morgan fingerprint density at radius 1 is 1.32 bits per heavy atom. The Kier molecular flexibility index (Phi) is 4.72. The third-order valence-corrected chi connectivity index (χ3v) is 6.80. The van der Waals surface area contributed by atoms with Gasteiger partial charge in [0.1, 0.15) is 16.5 Å². The Labute approximate surface area is 133 Å². The number of carbonyl (C=O) groups excluding carboxylic acids is 1. The van der Waals surface area contributed by atoms with Gasteiger partial charge in [0.15, 0.2) is 15.0 Å². The lowest BCUT2D eigenvalue weighted by atomic mass is 10.3. The Bertz CT molecular complexity index is 796. The van der Waals surface area contributed by atoms with E-state index >= 15 is 0 Å². The second-order valence-electron chi connectivity index (χ2n) is 5.10. The molecule has 0 saturated heterocycles. The number of nitrogens with zero attached hydrogens (tertiary/aromatic N) is 1. The van der Waals surface area contributed by atoms with Crippen molar-refractivity contribution in [2.24, 2.45) is 0 Å². The van der Waals surface area contributed by atoms with Crippen LogP contribution >= 0.6 is 11.3 Å². The molecule has 0 aliphatic heterocycles. The van der Waals surface area contributed by atoms with E-state index in [-0.39, 0.29) is 0 Å². The van der Waals surface area contributed by atoms with Crippen LogP contribution in [0.1, 0.15) is 20.8 Å². The fourth-order valence-electron chi connectivity index (χ4n) is 1.91. The van der Waals surface area contributed by atoms with Gasteiger partial charge in [-0.2, -0.15) is 0 Å². The Hall–Kier alpha value is -1.67. The number of ether oxygens (including phenoxy) is 1. The molecule has 0 fully saturated rings. The minimum absolute atomic E-state index is 0.357. The summed E-state index contributed by atoms with van der Waals surface area (Å²) in [4.78, 5) is 16.4. The molecule has 0 bridgehead atoms. The number of nitrogens with one attached hydrogen (secondary N) is 1. The molecule has 0 spiro atoms. The molecule has 0 aliphatic carbocycles. The summed E-state index contributed by atoms with van der Waals surface area (Å²) >= 11 is 1.27. The first-order valence-corrected chi connectivity index (χ1v) is 9.17. The second kappa shape index (κ2) is 6.21. The van der Waals surface area contributed by atoms with Crippen LogP contribution in [0.5, 0.6) is 5.75 Å². The van der Waals surface area contributed by atoms with E-state index in [9.17, 15) is 13.2 Å². The fourth-order valence-corrected chi connectivity index (χ4v) is 3.97. The molecule has 1 amide bonds. The summed E-state index contributed by atoms with van der Waals surface area (Å²) in [5.41, 5.74) is 0.643. The van der Waals surface area contributed by atoms with Crippen molar-refractivity contribution >= 4 is 42.4 Å². The van der Waals surface area contributed by atoms with Crippen molar-refractivity contribution < 1.29 is 17.9 Å². The van der Waals surface area contributed by atoms with Gasteiger partial charge >= 0.3 is 0 Å². The molecule has 22 heavy (non-hydrogen) atoms. The average Bonchev–Trinajstić information content (AvgIpc) is 2.88. The van der Waals surface area contributed by atoms with Gasteiger partial charge in [-0.3, -0.25) is 4.79 Å². The molecule has 0 saturated carbocycles. The second-order valence-corrected chi connectivity index (χ2v) is 8.95. The molecule has 2 aromatic rings. The fraction of sp³-hybridized carbons (Fsp3) is 0.429. The molecule has 0 unspecified atom stereocenters. The average molecular weight is 342 g/mol. The third-order valence-electron chi connectivity index (χ3n) is 3.35. The SMILES string of the molecule is COc1cccc2sc(NC(=O)[C@H](C)S(=O)(=O)C(C)C)nc12. The largest absolute Gasteiger partial charge is 0.494 e. The van der Waals surface area contributed by atoms with Crippen LogP contribution in [-0.2, 0) is 14.6 Å². The Morgan fingerprint density at radius 3 is 2.59 bits per heavy atom. The molecule has 8 heteroatoms. The lowest BCUT2D eigenvalue weighted by molar-refractivity contribution is -0.115. The summed E-state index contributed by atoms with van der Waals surface area (Å²) in [6, 6.07) is 5.47. The van der Waals surface area contributed by atoms with Gasteiger partial charge in [0.05, 0.1) is 17.1 Å². The molecular formula is C14H18N2O4S2. The minimum atomic E-state index is -3.50. The van der Waals surface area contributed by atoms with E-state index in [1.165, 1.54) is 18.3 Å². The van der Waals surface area contributed by atoms with Crippen molar-refractivity contribution in [3.05, 3.63) is 18.2 Å². The number of anilines is 1. The normalized spacial score (nSPS) is 13.3.